The molecule has 0 aromatic carbocycles. The monoisotopic (exact) mass is 474 g/mol. The van der Waals surface area contributed by atoms with Gasteiger partial charge in [-0.05, 0) is 12.8 Å². The maximum atomic E-state index is 9.15. The molecule has 0 aliphatic heterocycles. The van der Waals surface area contributed by atoms with Gasteiger partial charge in [0.2, 0.25) is 0 Å². The zero-order valence-electron chi connectivity index (χ0n) is 22.6. The summed E-state index contributed by atoms with van der Waals surface area (Å²) in [6, 6.07) is 0. The molecule has 202 valence electrons. The van der Waals surface area contributed by atoms with E-state index in [2.05, 4.69) is 13.8 Å². The third kappa shape index (κ3) is 34.1. The summed E-state index contributed by atoms with van der Waals surface area (Å²) in [5.74, 6) is 0. The summed E-state index contributed by atoms with van der Waals surface area (Å²) in [6.45, 7) is 4.34. The average Bonchev–Trinajstić information content (AvgIpc) is 2.83. The molecule has 0 heterocycles. The number of aliphatic hydroxyl groups excluding tert-OH is 4. The standard InChI is InChI=1S/C15H32O2.C14H30O2/c1-2-3-4-5-6-7-8-9-10-11-12-13-15(17)14-16;1-2-3-4-5-6-7-8-9-10-11-12-14(16)13-15/h15-17H,2-14H2,1H3;14-16H,2-13H2,1H3. The molecule has 0 rings (SSSR count). The number of unbranched alkanes of at least 4 members (excludes halogenated alkanes) is 19. The largest absolute Gasteiger partial charge is 0.394 e. The van der Waals surface area contributed by atoms with Crippen molar-refractivity contribution in [3.63, 3.8) is 0 Å². The molecule has 4 heteroatoms. The zero-order chi connectivity index (χ0) is 24.8. The van der Waals surface area contributed by atoms with Crippen LogP contribution in [0.2, 0.25) is 0 Å². The Morgan fingerprint density at radius 3 is 0.788 bits per heavy atom. The molecule has 0 aliphatic carbocycles. The highest BCUT2D eigenvalue weighted by Crippen LogP contribution is 2.13. The molecule has 4 nitrogen and oxygen atoms in total. The van der Waals surface area contributed by atoms with Gasteiger partial charge in [-0.25, -0.2) is 0 Å². The van der Waals surface area contributed by atoms with Gasteiger partial charge < -0.3 is 20.4 Å². The van der Waals surface area contributed by atoms with Crippen LogP contribution in [0, 0.1) is 0 Å². The summed E-state index contributed by atoms with van der Waals surface area (Å²) in [4.78, 5) is 0. The van der Waals surface area contributed by atoms with Gasteiger partial charge in [0.15, 0.2) is 0 Å². The topological polar surface area (TPSA) is 80.9 Å². The predicted molar refractivity (Wildman–Crippen MR) is 144 cm³/mol. The number of aliphatic hydroxyl groups is 4. The first-order valence-electron chi connectivity index (χ1n) is 14.7. The van der Waals surface area contributed by atoms with E-state index in [0.717, 1.165) is 25.7 Å². The molecular weight excluding hydrogens is 412 g/mol. The summed E-state index contributed by atoms with van der Waals surface area (Å²) in [5, 5.41) is 35.6. The molecule has 0 amide bonds. The summed E-state index contributed by atoms with van der Waals surface area (Å²) in [6.07, 6.45) is 28.3. The Hall–Kier alpha value is -0.160. The van der Waals surface area contributed by atoms with E-state index >= 15 is 0 Å². The molecular formula is C29H62O4. The molecule has 0 spiro atoms. The van der Waals surface area contributed by atoms with Crippen molar-refractivity contribution >= 4 is 0 Å². The molecule has 0 fully saturated rings. The highest BCUT2D eigenvalue weighted by atomic mass is 16.3. The third-order valence-corrected chi connectivity index (χ3v) is 6.45. The van der Waals surface area contributed by atoms with Gasteiger partial charge in [0.1, 0.15) is 0 Å². The molecule has 33 heavy (non-hydrogen) atoms. The van der Waals surface area contributed by atoms with Crippen molar-refractivity contribution in [2.75, 3.05) is 13.2 Å². The number of rotatable bonds is 25. The lowest BCUT2D eigenvalue weighted by Crippen LogP contribution is -2.10. The van der Waals surface area contributed by atoms with Gasteiger partial charge in [0.05, 0.1) is 25.4 Å². The molecule has 0 saturated carbocycles. The Balaban J connectivity index is 0. The fraction of sp³-hybridized carbons (Fsp3) is 1.00. The van der Waals surface area contributed by atoms with Crippen molar-refractivity contribution in [3.8, 4) is 0 Å². The van der Waals surface area contributed by atoms with Crippen LogP contribution in [0.3, 0.4) is 0 Å². The lowest BCUT2D eigenvalue weighted by atomic mass is 10.0. The molecule has 0 bridgehead atoms. The van der Waals surface area contributed by atoms with Gasteiger partial charge in [-0.15, -0.1) is 0 Å². The van der Waals surface area contributed by atoms with Crippen LogP contribution < -0.4 is 0 Å². The van der Waals surface area contributed by atoms with Crippen molar-refractivity contribution in [2.24, 2.45) is 0 Å². The summed E-state index contributed by atoms with van der Waals surface area (Å²) in [5.41, 5.74) is 0. The minimum Gasteiger partial charge on any atom is -0.394 e. The fourth-order valence-electron chi connectivity index (χ4n) is 4.09. The first-order chi connectivity index (χ1) is 16.1. The Morgan fingerprint density at radius 1 is 0.364 bits per heavy atom. The quantitative estimate of drug-likeness (QED) is 0.102. The highest BCUT2D eigenvalue weighted by molar-refractivity contribution is 4.55. The number of hydrogen-bond acceptors (Lipinski definition) is 4. The van der Waals surface area contributed by atoms with E-state index in [1.165, 1.54) is 122 Å². The summed E-state index contributed by atoms with van der Waals surface area (Å²) >= 11 is 0. The van der Waals surface area contributed by atoms with Gasteiger partial charge in [0, 0.05) is 0 Å². The Morgan fingerprint density at radius 2 is 0.576 bits per heavy atom. The van der Waals surface area contributed by atoms with Crippen molar-refractivity contribution in [3.05, 3.63) is 0 Å². The Labute approximate surface area is 207 Å². The van der Waals surface area contributed by atoms with E-state index in [1.807, 2.05) is 0 Å². The van der Waals surface area contributed by atoms with E-state index in [4.69, 9.17) is 20.4 Å². The maximum Gasteiger partial charge on any atom is 0.0770 e. The van der Waals surface area contributed by atoms with Gasteiger partial charge in [-0.3, -0.25) is 0 Å². The summed E-state index contributed by atoms with van der Waals surface area (Å²) < 4.78 is 0. The first-order valence-corrected chi connectivity index (χ1v) is 14.7. The van der Waals surface area contributed by atoms with Gasteiger partial charge in [-0.1, -0.05) is 149 Å². The van der Waals surface area contributed by atoms with E-state index < -0.39 is 12.2 Å². The molecule has 4 N–H and O–H groups in total. The van der Waals surface area contributed by atoms with Crippen LogP contribution in [0.5, 0.6) is 0 Å². The third-order valence-electron chi connectivity index (χ3n) is 6.45. The second-order valence-corrected chi connectivity index (χ2v) is 9.97. The Kier molecular flexibility index (Phi) is 33.8. The van der Waals surface area contributed by atoms with Crippen LogP contribution in [-0.4, -0.2) is 45.8 Å². The van der Waals surface area contributed by atoms with Crippen molar-refractivity contribution in [2.45, 2.75) is 174 Å². The van der Waals surface area contributed by atoms with E-state index in [-0.39, 0.29) is 13.2 Å². The average molecular weight is 475 g/mol. The van der Waals surface area contributed by atoms with E-state index in [0.29, 0.717) is 0 Å². The second-order valence-electron chi connectivity index (χ2n) is 9.97. The molecule has 0 radical (unpaired) electrons. The van der Waals surface area contributed by atoms with Crippen LogP contribution in [-0.2, 0) is 0 Å². The molecule has 0 aromatic heterocycles. The molecule has 2 unspecified atom stereocenters. The van der Waals surface area contributed by atoms with Crippen LogP contribution in [0.4, 0.5) is 0 Å². The second kappa shape index (κ2) is 31.8. The smallest absolute Gasteiger partial charge is 0.0770 e. The molecule has 2 atom stereocenters. The molecule has 0 aromatic rings. The minimum atomic E-state index is -0.492. The van der Waals surface area contributed by atoms with Crippen molar-refractivity contribution in [1.82, 2.24) is 0 Å². The van der Waals surface area contributed by atoms with Crippen molar-refractivity contribution in [1.29, 1.82) is 0 Å². The van der Waals surface area contributed by atoms with Gasteiger partial charge in [-0.2, -0.15) is 0 Å². The van der Waals surface area contributed by atoms with Gasteiger partial charge in [0.25, 0.3) is 0 Å². The Bertz CT molecular complexity index is 325. The lowest BCUT2D eigenvalue weighted by Gasteiger charge is -2.06. The fourth-order valence-corrected chi connectivity index (χ4v) is 4.09. The minimum absolute atomic E-state index is 0.0856. The number of hydrogen-bond donors (Lipinski definition) is 4. The lowest BCUT2D eigenvalue weighted by molar-refractivity contribution is 0.0859. The van der Waals surface area contributed by atoms with Crippen LogP contribution in [0.25, 0.3) is 0 Å². The van der Waals surface area contributed by atoms with E-state index in [1.54, 1.807) is 0 Å². The zero-order valence-corrected chi connectivity index (χ0v) is 22.6. The first kappa shape index (κ1) is 35.0. The van der Waals surface area contributed by atoms with Crippen LogP contribution in [0.15, 0.2) is 0 Å². The van der Waals surface area contributed by atoms with Crippen LogP contribution in [0.1, 0.15) is 162 Å². The predicted octanol–water partition coefficient (Wildman–Crippen LogP) is 7.69. The van der Waals surface area contributed by atoms with Crippen molar-refractivity contribution < 1.29 is 20.4 Å². The highest BCUT2D eigenvalue weighted by Gasteiger charge is 2.01. The SMILES string of the molecule is CCCCCCCCCCCCC(O)CO.CCCCCCCCCCCCCC(O)CO. The maximum absolute atomic E-state index is 9.15. The van der Waals surface area contributed by atoms with Crippen LogP contribution >= 0.6 is 0 Å². The molecule has 0 aliphatic rings. The summed E-state index contributed by atoms with van der Waals surface area (Å²) in [7, 11) is 0. The van der Waals surface area contributed by atoms with E-state index in [9.17, 15) is 0 Å². The normalized spacial score (nSPS) is 12.9. The van der Waals surface area contributed by atoms with Gasteiger partial charge >= 0.3 is 0 Å². The molecule has 0 saturated heterocycles.